The number of amides is 1. The molecular formula is C20H23N3O5. The van der Waals surface area contributed by atoms with Gasteiger partial charge < -0.3 is 20.0 Å². The molecule has 1 aromatic heterocycles. The predicted octanol–water partition coefficient (Wildman–Crippen LogP) is 2.12. The second-order valence-electron chi connectivity index (χ2n) is 7.80. The number of aromatic amines is 2. The quantitative estimate of drug-likeness (QED) is 0.696. The number of hydrogen-bond acceptors (Lipinski definition) is 5. The lowest BCUT2D eigenvalue weighted by Crippen LogP contribution is -2.41. The number of H-pyrrole nitrogens is 2. The third-order valence-corrected chi connectivity index (χ3v) is 5.83. The van der Waals surface area contributed by atoms with Gasteiger partial charge in [-0.15, -0.1) is 0 Å². The van der Waals surface area contributed by atoms with Crippen LogP contribution in [0.25, 0.3) is 11.0 Å². The average Bonchev–Trinajstić information content (AvgIpc) is 3.00. The second-order valence-corrected chi connectivity index (χ2v) is 7.80. The average molecular weight is 385 g/mol. The number of aromatic nitrogens is 2. The van der Waals surface area contributed by atoms with Crippen LogP contribution in [0.5, 0.6) is 0 Å². The SMILES string of the molecule is C[C@@H](OC(=O)C1C[C@H]2CCC[C@@H](C1)C2=O)C(=O)Nc1ccc2[nH]c(=O)[nH]c2c1. The Bertz CT molecular complexity index is 975. The van der Waals surface area contributed by atoms with Gasteiger partial charge in [0.1, 0.15) is 5.78 Å². The molecule has 2 saturated carbocycles. The largest absolute Gasteiger partial charge is 0.452 e. The van der Waals surface area contributed by atoms with Crippen molar-refractivity contribution in [3.8, 4) is 0 Å². The summed E-state index contributed by atoms with van der Waals surface area (Å²) in [7, 11) is 0. The van der Waals surface area contributed by atoms with Crippen molar-refractivity contribution in [1.82, 2.24) is 9.97 Å². The van der Waals surface area contributed by atoms with E-state index in [1.807, 2.05) is 0 Å². The minimum atomic E-state index is -0.953. The van der Waals surface area contributed by atoms with Gasteiger partial charge >= 0.3 is 11.7 Å². The molecule has 8 heteroatoms. The van der Waals surface area contributed by atoms with E-state index in [1.165, 1.54) is 6.92 Å². The molecule has 1 unspecified atom stereocenters. The zero-order chi connectivity index (χ0) is 19.8. The first-order chi connectivity index (χ1) is 13.4. The summed E-state index contributed by atoms with van der Waals surface area (Å²) >= 11 is 0. The van der Waals surface area contributed by atoms with Crippen LogP contribution in [0.1, 0.15) is 39.0 Å². The highest BCUT2D eigenvalue weighted by Crippen LogP contribution is 2.40. The highest BCUT2D eigenvalue weighted by Gasteiger charge is 2.42. The molecule has 0 aliphatic heterocycles. The van der Waals surface area contributed by atoms with Crippen LogP contribution in [-0.2, 0) is 19.1 Å². The van der Waals surface area contributed by atoms with E-state index in [-0.39, 0.29) is 23.4 Å². The standard InChI is InChI=1S/C20H23N3O5/c1-10(18(25)21-14-5-6-15-16(9-14)23-20(27)22-15)28-19(26)13-7-11-3-2-4-12(8-13)17(11)24/h5-6,9-13H,2-4,7-8H2,1H3,(H,21,25)(H2,22,23,27)/t10-,11-,12+,13?/m1/s1. The third-order valence-electron chi connectivity index (χ3n) is 5.83. The van der Waals surface area contributed by atoms with Gasteiger partial charge in [0.25, 0.3) is 5.91 Å². The summed E-state index contributed by atoms with van der Waals surface area (Å²) in [5.41, 5.74) is 1.38. The van der Waals surface area contributed by atoms with Crippen LogP contribution in [0.2, 0.25) is 0 Å². The maximum atomic E-state index is 12.5. The van der Waals surface area contributed by atoms with Gasteiger partial charge in [-0.1, -0.05) is 6.42 Å². The second kappa shape index (κ2) is 7.26. The van der Waals surface area contributed by atoms with Gasteiger partial charge in [0, 0.05) is 17.5 Å². The van der Waals surface area contributed by atoms with Crippen molar-refractivity contribution >= 4 is 34.4 Å². The van der Waals surface area contributed by atoms with Crippen LogP contribution in [0.15, 0.2) is 23.0 Å². The molecule has 2 aliphatic rings. The van der Waals surface area contributed by atoms with Gasteiger partial charge in [-0.3, -0.25) is 14.4 Å². The molecule has 2 bridgehead atoms. The van der Waals surface area contributed by atoms with E-state index in [1.54, 1.807) is 18.2 Å². The molecule has 28 heavy (non-hydrogen) atoms. The summed E-state index contributed by atoms with van der Waals surface area (Å²) in [6.45, 7) is 1.53. The lowest BCUT2D eigenvalue weighted by atomic mass is 9.67. The summed E-state index contributed by atoms with van der Waals surface area (Å²) < 4.78 is 5.39. The molecule has 0 saturated heterocycles. The lowest BCUT2D eigenvalue weighted by molar-refractivity contribution is -0.161. The Morgan fingerprint density at radius 3 is 2.50 bits per heavy atom. The maximum absolute atomic E-state index is 12.5. The van der Waals surface area contributed by atoms with Crippen LogP contribution in [-0.4, -0.2) is 33.7 Å². The fourth-order valence-corrected chi connectivity index (χ4v) is 4.35. The number of rotatable bonds is 4. The Labute approximate surface area is 161 Å². The topological polar surface area (TPSA) is 121 Å². The van der Waals surface area contributed by atoms with Gasteiger partial charge in [-0.05, 0) is 50.8 Å². The van der Waals surface area contributed by atoms with Crippen molar-refractivity contribution in [3.05, 3.63) is 28.7 Å². The normalized spacial score (nSPS) is 25.3. The Kier molecular flexibility index (Phi) is 4.78. The molecule has 1 heterocycles. The summed E-state index contributed by atoms with van der Waals surface area (Å²) in [6, 6.07) is 4.97. The number of ether oxygens (including phenoxy) is 1. The highest BCUT2D eigenvalue weighted by atomic mass is 16.5. The Hall–Kier alpha value is -2.90. The molecular weight excluding hydrogens is 362 g/mol. The Morgan fingerprint density at radius 1 is 1.11 bits per heavy atom. The predicted molar refractivity (Wildman–Crippen MR) is 102 cm³/mol. The molecule has 0 radical (unpaired) electrons. The van der Waals surface area contributed by atoms with Crippen LogP contribution in [0.4, 0.5) is 5.69 Å². The maximum Gasteiger partial charge on any atom is 0.323 e. The fourth-order valence-electron chi connectivity index (χ4n) is 4.35. The number of Topliss-reactive ketones (excluding diaryl/α,β-unsaturated/α-hetero) is 1. The van der Waals surface area contributed by atoms with E-state index in [0.29, 0.717) is 35.3 Å². The summed E-state index contributed by atoms with van der Waals surface area (Å²) in [5.74, 6) is -0.951. The van der Waals surface area contributed by atoms with E-state index >= 15 is 0 Å². The van der Waals surface area contributed by atoms with E-state index in [4.69, 9.17) is 4.74 Å². The monoisotopic (exact) mass is 385 g/mol. The number of carbonyl (C=O) groups is 3. The van der Waals surface area contributed by atoms with Crippen LogP contribution in [0, 0.1) is 17.8 Å². The van der Waals surface area contributed by atoms with Crippen molar-refractivity contribution < 1.29 is 19.1 Å². The molecule has 8 nitrogen and oxygen atoms in total. The van der Waals surface area contributed by atoms with Crippen molar-refractivity contribution in [1.29, 1.82) is 0 Å². The summed E-state index contributed by atoms with van der Waals surface area (Å²) in [4.78, 5) is 53.7. The molecule has 2 aromatic rings. The van der Waals surface area contributed by atoms with Gasteiger partial charge in [-0.25, -0.2) is 4.79 Å². The Balaban J connectivity index is 1.36. The third kappa shape index (κ3) is 3.58. The van der Waals surface area contributed by atoms with Crippen molar-refractivity contribution in [2.24, 2.45) is 17.8 Å². The molecule has 0 spiro atoms. The zero-order valence-corrected chi connectivity index (χ0v) is 15.6. The van der Waals surface area contributed by atoms with E-state index in [0.717, 1.165) is 19.3 Å². The molecule has 4 atom stereocenters. The van der Waals surface area contributed by atoms with E-state index < -0.39 is 18.0 Å². The zero-order valence-electron chi connectivity index (χ0n) is 15.6. The van der Waals surface area contributed by atoms with Gasteiger partial charge in [0.05, 0.1) is 17.0 Å². The summed E-state index contributed by atoms with van der Waals surface area (Å²) in [5, 5.41) is 2.69. The molecule has 3 N–H and O–H groups in total. The Morgan fingerprint density at radius 2 is 1.79 bits per heavy atom. The van der Waals surface area contributed by atoms with Gasteiger partial charge in [-0.2, -0.15) is 0 Å². The molecule has 148 valence electrons. The van der Waals surface area contributed by atoms with Crippen LogP contribution >= 0.6 is 0 Å². The number of ketones is 1. The van der Waals surface area contributed by atoms with Gasteiger partial charge in [0.15, 0.2) is 6.10 Å². The van der Waals surface area contributed by atoms with Gasteiger partial charge in [0.2, 0.25) is 0 Å². The fraction of sp³-hybridized carbons (Fsp3) is 0.500. The molecule has 1 aromatic carbocycles. The van der Waals surface area contributed by atoms with Crippen LogP contribution in [0.3, 0.4) is 0 Å². The lowest BCUT2D eigenvalue weighted by Gasteiger charge is -2.36. The van der Waals surface area contributed by atoms with Crippen LogP contribution < -0.4 is 11.0 Å². The molecule has 2 aliphatic carbocycles. The minimum Gasteiger partial charge on any atom is -0.452 e. The number of carbonyl (C=O) groups excluding carboxylic acids is 3. The molecule has 1 amide bonds. The highest BCUT2D eigenvalue weighted by molar-refractivity contribution is 5.96. The smallest absolute Gasteiger partial charge is 0.323 e. The number of fused-ring (bicyclic) bond motifs is 3. The van der Waals surface area contributed by atoms with Crippen molar-refractivity contribution in [2.75, 3.05) is 5.32 Å². The number of nitrogens with one attached hydrogen (secondary N) is 3. The first-order valence-electron chi connectivity index (χ1n) is 9.68. The molecule has 4 rings (SSSR count). The number of esters is 1. The van der Waals surface area contributed by atoms with E-state index in [9.17, 15) is 19.2 Å². The first kappa shape index (κ1) is 18.5. The molecule has 2 fully saturated rings. The summed E-state index contributed by atoms with van der Waals surface area (Å²) in [6.07, 6.45) is 2.84. The number of hydrogen-bond donors (Lipinski definition) is 3. The number of anilines is 1. The first-order valence-corrected chi connectivity index (χ1v) is 9.68. The van der Waals surface area contributed by atoms with E-state index in [2.05, 4.69) is 15.3 Å². The van der Waals surface area contributed by atoms with Crippen molar-refractivity contribution in [2.45, 2.75) is 45.1 Å². The number of benzene rings is 1. The number of imidazole rings is 1. The van der Waals surface area contributed by atoms with Crippen molar-refractivity contribution in [3.63, 3.8) is 0 Å². The minimum absolute atomic E-state index is 0.0376.